The maximum atomic E-state index is 15.2. The summed E-state index contributed by atoms with van der Waals surface area (Å²) in [5.74, 6) is 1.38. The van der Waals surface area contributed by atoms with Crippen molar-refractivity contribution in [3.05, 3.63) is 86.9 Å². The van der Waals surface area contributed by atoms with E-state index in [0.717, 1.165) is 36.2 Å². The summed E-state index contributed by atoms with van der Waals surface area (Å²) in [7, 11) is 0. The molecule has 0 saturated heterocycles. The first-order valence-corrected chi connectivity index (χ1v) is 16.0. The average Bonchev–Trinajstić information content (AvgIpc) is 3.64. The summed E-state index contributed by atoms with van der Waals surface area (Å²) in [6, 6.07) is 12.9. The molecule has 0 saturated carbocycles. The molecule has 0 aliphatic rings. The number of nitrogens with zero attached hydrogens (tertiary/aromatic N) is 5. The Balaban J connectivity index is 1.29. The molecular formula is C33H41ClFN11O. The predicted molar refractivity (Wildman–Crippen MR) is 185 cm³/mol. The molecule has 5 aromatic rings. The number of halogens is 2. The number of aliphatic imine (C=N–C) groups is 1. The first kappa shape index (κ1) is 33.6. The minimum Gasteiger partial charge on any atom is -0.370 e. The Bertz CT molecular complexity index is 1890. The molecule has 0 aliphatic carbocycles. The van der Waals surface area contributed by atoms with Crippen LogP contribution in [0.4, 0.5) is 10.3 Å². The SMILES string of the molecule is Cc1nc(NC[C@@H](CCN=C(N)N)NCc2ccc(-n3cc4cc(-c5cc(CCCC(C)C)cc(Cl)c5F)[nH]c4nc3=O)cc2)n[nH]1. The number of nitrogens with two attached hydrogens (primary N) is 2. The van der Waals surface area contributed by atoms with E-state index < -0.39 is 11.5 Å². The van der Waals surface area contributed by atoms with E-state index in [0.29, 0.717) is 65.9 Å². The Kier molecular flexibility index (Phi) is 10.9. The van der Waals surface area contributed by atoms with E-state index in [9.17, 15) is 4.79 Å². The number of nitrogens with one attached hydrogen (secondary N) is 4. The van der Waals surface area contributed by atoms with Gasteiger partial charge in [0.05, 0.1) is 16.4 Å². The molecule has 0 amide bonds. The summed E-state index contributed by atoms with van der Waals surface area (Å²) >= 11 is 6.28. The van der Waals surface area contributed by atoms with Gasteiger partial charge < -0.3 is 27.1 Å². The molecule has 12 nitrogen and oxygen atoms in total. The molecule has 3 aromatic heterocycles. The molecule has 0 fully saturated rings. The summed E-state index contributed by atoms with van der Waals surface area (Å²) < 4.78 is 16.6. The van der Waals surface area contributed by atoms with Gasteiger partial charge in [-0.3, -0.25) is 14.7 Å². The van der Waals surface area contributed by atoms with Crippen molar-refractivity contribution in [2.24, 2.45) is 22.4 Å². The number of anilines is 1. The maximum absolute atomic E-state index is 15.2. The molecule has 0 bridgehead atoms. The summed E-state index contributed by atoms with van der Waals surface area (Å²) in [6.07, 6.45) is 5.26. The third-order valence-electron chi connectivity index (χ3n) is 7.82. The van der Waals surface area contributed by atoms with E-state index in [1.54, 1.807) is 18.3 Å². The Hall–Kier alpha value is -4.75. The lowest BCUT2D eigenvalue weighted by Gasteiger charge is -2.18. The zero-order chi connectivity index (χ0) is 33.5. The van der Waals surface area contributed by atoms with E-state index >= 15 is 4.39 Å². The Morgan fingerprint density at radius 3 is 2.60 bits per heavy atom. The van der Waals surface area contributed by atoms with Gasteiger partial charge in [0.25, 0.3) is 0 Å². The highest BCUT2D eigenvalue weighted by molar-refractivity contribution is 6.31. The lowest BCUT2D eigenvalue weighted by atomic mass is 10.00. The fourth-order valence-electron chi connectivity index (χ4n) is 5.32. The van der Waals surface area contributed by atoms with Gasteiger partial charge in [0.15, 0.2) is 11.8 Å². The molecule has 0 unspecified atom stereocenters. The zero-order valence-corrected chi connectivity index (χ0v) is 27.5. The highest BCUT2D eigenvalue weighted by Gasteiger charge is 2.16. The zero-order valence-electron chi connectivity index (χ0n) is 26.8. The van der Waals surface area contributed by atoms with Crippen molar-refractivity contribution in [1.82, 2.24) is 35.0 Å². The number of rotatable bonds is 15. The summed E-state index contributed by atoms with van der Waals surface area (Å²) in [5, 5.41) is 14.4. The molecule has 0 aliphatic heterocycles. The average molecular weight is 662 g/mol. The van der Waals surface area contributed by atoms with Crippen LogP contribution >= 0.6 is 11.6 Å². The Morgan fingerprint density at radius 1 is 1.11 bits per heavy atom. The third-order valence-corrected chi connectivity index (χ3v) is 8.09. The lowest BCUT2D eigenvalue weighted by molar-refractivity contribution is 0.502. The van der Waals surface area contributed by atoms with Gasteiger partial charge in [-0.05, 0) is 73.6 Å². The second kappa shape index (κ2) is 15.2. The number of hydrogen-bond acceptors (Lipinski definition) is 7. The van der Waals surface area contributed by atoms with Crippen molar-refractivity contribution in [2.75, 3.05) is 18.4 Å². The van der Waals surface area contributed by atoms with Crippen molar-refractivity contribution < 1.29 is 4.39 Å². The molecule has 8 N–H and O–H groups in total. The number of aromatic nitrogens is 6. The molecule has 1 atom stereocenters. The second-order valence-corrected chi connectivity index (χ2v) is 12.5. The van der Waals surface area contributed by atoms with Crippen LogP contribution in [-0.2, 0) is 13.0 Å². The molecule has 5 rings (SSSR count). The smallest absolute Gasteiger partial charge is 0.354 e. The van der Waals surface area contributed by atoms with Crippen LogP contribution in [0.25, 0.3) is 28.0 Å². The molecule has 47 heavy (non-hydrogen) atoms. The maximum Gasteiger partial charge on any atom is 0.354 e. The van der Waals surface area contributed by atoms with Gasteiger partial charge in [-0.2, -0.15) is 9.97 Å². The van der Waals surface area contributed by atoms with Crippen LogP contribution in [0, 0.1) is 18.7 Å². The lowest BCUT2D eigenvalue weighted by Crippen LogP contribution is -2.36. The number of fused-ring (bicyclic) bond motifs is 1. The van der Waals surface area contributed by atoms with Crippen LogP contribution in [0.15, 0.2) is 58.4 Å². The minimum absolute atomic E-state index is 0.0223. The van der Waals surface area contributed by atoms with E-state index in [2.05, 4.69) is 54.6 Å². The van der Waals surface area contributed by atoms with Gasteiger partial charge in [0.1, 0.15) is 11.5 Å². The summed E-state index contributed by atoms with van der Waals surface area (Å²) in [6.45, 7) is 7.80. The number of H-pyrrole nitrogens is 2. The summed E-state index contributed by atoms with van der Waals surface area (Å²) in [5.41, 5.74) is 14.4. The Labute approximate surface area is 277 Å². The third kappa shape index (κ3) is 8.95. The molecule has 0 radical (unpaired) electrons. The molecule has 0 spiro atoms. The van der Waals surface area contributed by atoms with Crippen molar-refractivity contribution in [2.45, 2.75) is 59.0 Å². The van der Waals surface area contributed by atoms with Crippen LogP contribution in [-0.4, -0.2) is 54.8 Å². The Morgan fingerprint density at radius 2 is 1.89 bits per heavy atom. The second-order valence-electron chi connectivity index (χ2n) is 12.1. The van der Waals surface area contributed by atoms with Gasteiger partial charge in [0, 0.05) is 42.8 Å². The van der Waals surface area contributed by atoms with Gasteiger partial charge in [-0.25, -0.2) is 9.18 Å². The van der Waals surface area contributed by atoms with Crippen LogP contribution in [0.1, 0.15) is 50.1 Å². The number of guanidine groups is 1. The standard InChI is InChI=1S/C33H41ClFN11O/c1-19(2)5-4-6-22-13-26(29(35)27(34)14-22)28-15-23-18-46(33(47)43-30(23)42-28)25-9-7-21(8-10-25)16-39-24(11-12-38-31(36)37)17-40-32-41-20(3)44-45-32/h7-10,13-15,18-19,24,39H,4-6,11-12,16-17H2,1-3H3,(H4,36,37,38)(H,42,43,47)(H2,40,41,44,45)/t24-/m1/s1. The molecule has 3 heterocycles. The van der Waals surface area contributed by atoms with E-state index in [-0.39, 0.29) is 17.0 Å². The highest BCUT2D eigenvalue weighted by atomic mass is 35.5. The largest absolute Gasteiger partial charge is 0.370 e. The number of aromatic amines is 2. The first-order valence-electron chi connectivity index (χ1n) is 15.7. The van der Waals surface area contributed by atoms with E-state index in [1.165, 1.54) is 4.57 Å². The monoisotopic (exact) mass is 661 g/mol. The van der Waals surface area contributed by atoms with Crippen molar-refractivity contribution in [3.63, 3.8) is 0 Å². The van der Waals surface area contributed by atoms with Crippen LogP contribution in [0.5, 0.6) is 0 Å². The fraction of sp³-hybridized carbons (Fsp3) is 0.364. The van der Waals surface area contributed by atoms with E-state index in [1.807, 2.05) is 37.3 Å². The van der Waals surface area contributed by atoms with Crippen LogP contribution in [0.2, 0.25) is 5.02 Å². The van der Waals surface area contributed by atoms with Gasteiger partial charge in [-0.1, -0.05) is 44.0 Å². The molecular weight excluding hydrogens is 621 g/mol. The van der Waals surface area contributed by atoms with Crippen LogP contribution < -0.4 is 27.8 Å². The number of benzene rings is 2. The molecule has 248 valence electrons. The minimum atomic E-state index is -0.507. The fourth-order valence-corrected chi connectivity index (χ4v) is 5.56. The first-order chi connectivity index (χ1) is 22.5. The predicted octanol–water partition coefficient (Wildman–Crippen LogP) is 4.81. The van der Waals surface area contributed by atoms with Crippen molar-refractivity contribution >= 4 is 34.5 Å². The van der Waals surface area contributed by atoms with Gasteiger partial charge in [-0.15, -0.1) is 5.10 Å². The van der Waals surface area contributed by atoms with Gasteiger partial charge >= 0.3 is 5.69 Å². The number of aryl methyl sites for hydroxylation is 2. The van der Waals surface area contributed by atoms with Crippen LogP contribution in [0.3, 0.4) is 0 Å². The topological polar surface area (TPSA) is 181 Å². The van der Waals surface area contributed by atoms with Gasteiger partial charge in [0.2, 0.25) is 5.95 Å². The number of hydrogen-bond donors (Lipinski definition) is 6. The molecule has 14 heteroatoms. The highest BCUT2D eigenvalue weighted by Crippen LogP contribution is 2.31. The normalized spacial score (nSPS) is 12.1. The van der Waals surface area contributed by atoms with Crippen molar-refractivity contribution in [3.8, 4) is 16.9 Å². The quantitative estimate of drug-likeness (QED) is 0.0683. The molecule has 2 aromatic carbocycles. The van der Waals surface area contributed by atoms with E-state index in [4.69, 9.17) is 23.1 Å². The summed E-state index contributed by atoms with van der Waals surface area (Å²) in [4.78, 5) is 28.8. The van der Waals surface area contributed by atoms with Crippen molar-refractivity contribution in [1.29, 1.82) is 0 Å².